The number of aryl methyl sites for hydroxylation is 1. The Balaban J connectivity index is 2.42. The fourth-order valence-corrected chi connectivity index (χ4v) is 4.08. The van der Waals surface area contributed by atoms with E-state index in [0.29, 0.717) is 11.3 Å². The van der Waals surface area contributed by atoms with Gasteiger partial charge in [0.2, 0.25) is 21.8 Å². The Hall–Kier alpha value is -2.94. The zero-order valence-electron chi connectivity index (χ0n) is 18.3. The van der Waals surface area contributed by atoms with Gasteiger partial charge in [0.05, 0.1) is 11.9 Å². The maximum absolute atomic E-state index is 13.3. The van der Waals surface area contributed by atoms with Gasteiger partial charge < -0.3 is 10.2 Å². The highest BCUT2D eigenvalue weighted by Crippen LogP contribution is 2.25. The third-order valence-electron chi connectivity index (χ3n) is 5.20. The molecule has 2 aromatic rings. The van der Waals surface area contributed by atoms with Gasteiger partial charge >= 0.3 is 0 Å². The van der Waals surface area contributed by atoms with Crippen LogP contribution in [-0.4, -0.2) is 51.0 Å². The molecular weight excluding hydrogens is 421 g/mol. The van der Waals surface area contributed by atoms with Gasteiger partial charge in [-0.3, -0.25) is 13.9 Å². The van der Waals surface area contributed by atoms with Crippen molar-refractivity contribution >= 4 is 27.5 Å². The lowest BCUT2D eigenvalue weighted by molar-refractivity contribution is -0.139. The van der Waals surface area contributed by atoms with Crippen LogP contribution in [0.3, 0.4) is 0 Å². The molecule has 0 radical (unpaired) electrons. The number of hydrogen-bond acceptors (Lipinski definition) is 4. The molecule has 0 heterocycles. The number of benzene rings is 2. The lowest BCUT2D eigenvalue weighted by Crippen LogP contribution is -2.50. The van der Waals surface area contributed by atoms with Crippen molar-refractivity contribution in [2.45, 2.75) is 33.4 Å². The predicted octanol–water partition coefficient (Wildman–Crippen LogP) is 2.37. The van der Waals surface area contributed by atoms with Crippen molar-refractivity contribution in [3.63, 3.8) is 0 Å². The van der Waals surface area contributed by atoms with Crippen LogP contribution in [0.15, 0.2) is 42.5 Å². The Morgan fingerprint density at radius 2 is 1.71 bits per heavy atom. The number of likely N-dealkylation sites (N-methyl/N-ethyl adjacent to an activating group) is 1. The Kier molecular flexibility index (Phi) is 7.78. The molecule has 1 atom stereocenters. The van der Waals surface area contributed by atoms with Crippen LogP contribution in [0.2, 0.25) is 0 Å². The topological polar surface area (TPSA) is 86.8 Å². The zero-order chi connectivity index (χ0) is 23.3. The maximum Gasteiger partial charge on any atom is 0.244 e. The molecule has 0 aromatic heterocycles. The number of anilines is 1. The molecule has 31 heavy (non-hydrogen) atoms. The van der Waals surface area contributed by atoms with Crippen LogP contribution in [-0.2, 0) is 26.2 Å². The molecule has 2 amide bonds. The van der Waals surface area contributed by atoms with E-state index >= 15 is 0 Å². The van der Waals surface area contributed by atoms with Gasteiger partial charge in [0, 0.05) is 13.6 Å². The summed E-state index contributed by atoms with van der Waals surface area (Å²) in [5.41, 5.74) is 2.65. The Morgan fingerprint density at radius 3 is 2.26 bits per heavy atom. The van der Waals surface area contributed by atoms with Gasteiger partial charge in [-0.1, -0.05) is 24.3 Å². The summed E-state index contributed by atoms with van der Waals surface area (Å²) in [6.07, 6.45) is 1.04. The van der Waals surface area contributed by atoms with Crippen molar-refractivity contribution < 1.29 is 22.4 Å². The van der Waals surface area contributed by atoms with E-state index in [2.05, 4.69) is 5.32 Å². The van der Waals surface area contributed by atoms with Crippen LogP contribution in [0, 0.1) is 19.7 Å². The van der Waals surface area contributed by atoms with Crippen molar-refractivity contribution in [1.29, 1.82) is 0 Å². The second-order valence-corrected chi connectivity index (χ2v) is 9.33. The minimum Gasteiger partial charge on any atom is -0.357 e. The molecule has 1 unspecified atom stereocenters. The maximum atomic E-state index is 13.3. The van der Waals surface area contributed by atoms with Crippen molar-refractivity contribution in [3.8, 4) is 0 Å². The van der Waals surface area contributed by atoms with Gasteiger partial charge in [0.1, 0.15) is 18.4 Å². The molecular formula is C22H28FN3O4S. The molecule has 168 valence electrons. The second-order valence-electron chi connectivity index (χ2n) is 7.43. The van der Waals surface area contributed by atoms with Crippen molar-refractivity contribution in [2.24, 2.45) is 0 Å². The van der Waals surface area contributed by atoms with Gasteiger partial charge in [0.25, 0.3) is 0 Å². The van der Waals surface area contributed by atoms with Crippen LogP contribution in [0.4, 0.5) is 10.1 Å². The molecule has 0 aliphatic heterocycles. The summed E-state index contributed by atoms with van der Waals surface area (Å²) >= 11 is 0. The zero-order valence-corrected chi connectivity index (χ0v) is 19.2. The third-order valence-corrected chi connectivity index (χ3v) is 6.33. The highest BCUT2D eigenvalue weighted by atomic mass is 32.2. The van der Waals surface area contributed by atoms with Gasteiger partial charge in [-0.2, -0.15) is 0 Å². The average molecular weight is 450 g/mol. The fraction of sp³-hybridized carbons (Fsp3) is 0.364. The number of sulfonamides is 1. The largest absolute Gasteiger partial charge is 0.357 e. The predicted molar refractivity (Wildman–Crippen MR) is 119 cm³/mol. The van der Waals surface area contributed by atoms with Gasteiger partial charge in [-0.15, -0.1) is 0 Å². The number of amides is 2. The Morgan fingerprint density at radius 1 is 1.10 bits per heavy atom. The fourth-order valence-electron chi connectivity index (χ4n) is 3.18. The molecule has 0 saturated heterocycles. The minimum absolute atomic E-state index is 0.0259. The molecule has 1 N–H and O–H groups in total. The molecule has 0 aliphatic carbocycles. The molecule has 0 saturated carbocycles. The summed E-state index contributed by atoms with van der Waals surface area (Å²) < 4.78 is 39.4. The highest BCUT2D eigenvalue weighted by Gasteiger charge is 2.30. The first kappa shape index (κ1) is 24.3. The summed E-state index contributed by atoms with van der Waals surface area (Å²) in [4.78, 5) is 26.8. The summed E-state index contributed by atoms with van der Waals surface area (Å²) in [7, 11) is -2.32. The summed E-state index contributed by atoms with van der Waals surface area (Å²) in [5.74, 6) is -1.36. The van der Waals surface area contributed by atoms with E-state index in [1.165, 1.54) is 36.2 Å². The van der Waals surface area contributed by atoms with E-state index in [1.54, 1.807) is 26.0 Å². The highest BCUT2D eigenvalue weighted by molar-refractivity contribution is 7.92. The number of halogens is 1. The van der Waals surface area contributed by atoms with Crippen LogP contribution in [0.25, 0.3) is 0 Å². The number of rotatable bonds is 8. The Labute approximate surface area is 182 Å². The lowest BCUT2D eigenvalue weighted by Gasteiger charge is -2.31. The van der Waals surface area contributed by atoms with E-state index in [0.717, 1.165) is 21.7 Å². The number of hydrogen-bond donors (Lipinski definition) is 1. The molecule has 2 rings (SSSR count). The Bertz CT molecular complexity index is 1050. The molecule has 9 heteroatoms. The SMILES string of the molecule is CNC(=O)C(C)N(Cc1ccc(F)cc1)C(=O)CN(c1cccc(C)c1C)S(C)(=O)=O. The normalized spacial score (nSPS) is 12.2. The number of carbonyl (C=O) groups is 2. The van der Waals surface area contributed by atoms with E-state index in [4.69, 9.17) is 0 Å². The third kappa shape index (κ3) is 6.04. The van der Waals surface area contributed by atoms with Crippen molar-refractivity contribution in [3.05, 3.63) is 65.0 Å². The van der Waals surface area contributed by atoms with E-state index in [9.17, 15) is 22.4 Å². The van der Waals surface area contributed by atoms with E-state index < -0.39 is 40.2 Å². The molecule has 0 spiro atoms. The number of nitrogens with zero attached hydrogens (tertiary/aromatic N) is 2. The van der Waals surface area contributed by atoms with Gasteiger partial charge in [0.15, 0.2) is 0 Å². The average Bonchev–Trinajstić information content (AvgIpc) is 2.71. The van der Waals surface area contributed by atoms with Crippen LogP contribution in [0.5, 0.6) is 0 Å². The van der Waals surface area contributed by atoms with Crippen LogP contribution in [0.1, 0.15) is 23.6 Å². The lowest BCUT2D eigenvalue weighted by atomic mass is 10.1. The summed E-state index contributed by atoms with van der Waals surface area (Å²) in [6.45, 7) is 4.76. The second kappa shape index (κ2) is 9.91. The van der Waals surface area contributed by atoms with Crippen molar-refractivity contribution in [1.82, 2.24) is 10.2 Å². The minimum atomic E-state index is -3.78. The molecule has 0 bridgehead atoms. The number of carbonyl (C=O) groups excluding carboxylic acids is 2. The van der Waals surface area contributed by atoms with Crippen molar-refractivity contribution in [2.75, 3.05) is 24.2 Å². The molecule has 0 aliphatic rings. The monoisotopic (exact) mass is 449 g/mol. The standard InChI is InChI=1S/C22H28FN3O4S/c1-15-7-6-8-20(16(15)2)26(31(5,29)30)14-21(27)25(17(3)22(28)24-4)13-18-9-11-19(23)12-10-18/h6-12,17H,13-14H2,1-5H3,(H,24,28). The number of nitrogens with one attached hydrogen (secondary N) is 1. The first-order chi connectivity index (χ1) is 14.5. The first-order valence-corrected chi connectivity index (χ1v) is 11.6. The van der Waals surface area contributed by atoms with E-state index in [-0.39, 0.29) is 6.54 Å². The summed E-state index contributed by atoms with van der Waals surface area (Å²) in [5, 5.41) is 2.50. The smallest absolute Gasteiger partial charge is 0.244 e. The first-order valence-electron chi connectivity index (χ1n) is 9.75. The summed E-state index contributed by atoms with van der Waals surface area (Å²) in [6, 6.07) is 9.93. The molecule has 2 aromatic carbocycles. The van der Waals surface area contributed by atoms with Crippen LogP contribution >= 0.6 is 0 Å². The molecule has 0 fully saturated rings. The van der Waals surface area contributed by atoms with E-state index in [1.807, 2.05) is 13.0 Å². The van der Waals surface area contributed by atoms with Gasteiger partial charge in [-0.05, 0) is 55.7 Å². The van der Waals surface area contributed by atoms with Gasteiger partial charge in [-0.25, -0.2) is 12.8 Å². The quantitative estimate of drug-likeness (QED) is 0.670. The molecule has 7 nitrogen and oxygen atoms in total. The van der Waals surface area contributed by atoms with Crippen LogP contribution < -0.4 is 9.62 Å².